The SMILES string of the molecule is O=C1OC2(CCN(C(=O)C3(c4ccc(COc5ccncc5)cc4)CC3)C2)c2ccccc21. The minimum absolute atomic E-state index is 0.139. The number of esters is 1. The van der Waals surface area contributed by atoms with Crippen molar-refractivity contribution in [3.05, 3.63) is 95.3 Å². The van der Waals surface area contributed by atoms with Gasteiger partial charge in [0.1, 0.15) is 12.4 Å². The van der Waals surface area contributed by atoms with Crippen LogP contribution in [0.15, 0.2) is 73.1 Å². The number of carbonyl (C=O) groups is 2. The molecule has 0 bridgehead atoms. The normalized spacial score (nSPS) is 22.2. The van der Waals surface area contributed by atoms with Gasteiger partial charge in [0.05, 0.1) is 17.5 Å². The standard InChI is InChI=1S/C27H24N2O4/c30-24-22-3-1-2-4-23(22)27(33-24)13-16-29(18-27)25(31)26(11-12-26)20-7-5-19(6-8-20)17-32-21-9-14-28-15-10-21/h1-10,14-15H,11-13,16-18H2. The second-order valence-corrected chi connectivity index (χ2v) is 9.16. The molecule has 2 aliphatic heterocycles. The highest BCUT2D eigenvalue weighted by Crippen LogP contribution is 2.52. The van der Waals surface area contributed by atoms with E-state index in [-0.39, 0.29) is 11.9 Å². The number of hydrogen-bond donors (Lipinski definition) is 0. The number of rotatable bonds is 5. The molecule has 33 heavy (non-hydrogen) atoms. The van der Waals surface area contributed by atoms with E-state index in [9.17, 15) is 9.59 Å². The first-order valence-electron chi connectivity index (χ1n) is 11.3. The van der Waals surface area contributed by atoms with Crippen LogP contribution < -0.4 is 4.74 Å². The Labute approximate surface area is 192 Å². The number of benzene rings is 2. The summed E-state index contributed by atoms with van der Waals surface area (Å²) in [4.78, 5) is 31.9. The Balaban J connectivity index is 1.16. The molecule has 1 saturated carbocycles. The summed E-state index contributed by atoms with van der Waals surface area (Å²) < 4.78 is 11.6. The lowest BCUT2D eigenvalue weighted by molar-refractivity contribution is -0.134. The zero-order chi connectivity index (χ0) is 22.5. The number of likely N-dealkylation sites (tertiary alicyclic amines) is 1. The van der Waals surface area contributed by atoms with E-state index in [0.29, 0.717) is 31.7 Å². The van der Waals surface area contributed by atoms with Crippen molar-refractivity contribution in [1.29, 1.82) is 0 Å². The topological polar surface area (TPSA) is 68.7 Å². The van der Waals surface area contributed by atoms with Gasteiger partial charge in [0.15, 0.2) is 5.60 Å². The minimum Gasteiger partial charge on any atom is -0.489 e. The number of ether oxygens (including phenoxy) is 2. The minimum atomic E-state index is -0.701. The van der Waals surface area contributed by atoms with Crippen LogP contribution in [0.3, 0.4) is 0 Å². The molecule has 1 spiro atoms. The fourth-order valence-corrected chi connectivity index (χ4v) is 5.18. The summed E-state index contributed by atoms with van der Waals surface area (Å²) in [5.41, 5.74) is 2.47. The highest BCUT2D eigenvalue weighted by atomic mass is 16.6. The lowest BCUT2D eigenvalue weighted by Gasteiger charge is -2.27. The Morgan fingerprint density at radius 3 is 2.52 bits per heavy atom. The molecule has 6 rings (SSSR count). The molecular weight excluding hydrogens is 416 g/mol. The summed E-state index contributed by atoms with van der Waals surface area (Å²) in [6.07, 6.45) is 5.74. The van der Waals surface area contributed by atoms with Crippen LogP contribution in [0.1, 0.15) is 46.3 Å². The van der Waals surface area contributed by atoms with E-state index in [1.807, 2.05) is 59.5 Å². The Bertz CT molecular complexity index is 1220. The molecule has 6 heteroatoms. The van der Waals surface area contributed by atoms with E-state index >= 15 is 0 Å². The number of carbonyl (C=O) groups excluding carboxylic acids is 2. The highest BCUT2D eigenvalue weighted by molar-refractivity contribution is 5.96. The van der Waals surface area contributed by atoms with Gasteiger partial charge in [-0.15, -0.1) is 0 Å². The van der Waals surface area contributed by atoms with Gasteiger partial charge in [0.25, 0.3) is 0 Å². The molecule has 1 saturated heterocycles. The maximum absolute atomic E-state index is 13.6. The number of amides is 1. The van der Waals surface area contributed by atoms with Crippen molar-refractivity contribution in [1.82, 2.24) is 9.88 Å². The van der Waals surface area contributed by atoms with Crippen molar-refractivity contribution in [3.8, 4) is 5.75 Å². The maximum Gasteiger partial charge on any atom is 0.339 e. The average Bonchev–Trinajstić information content (AvgIpc) is 3.49. The predicted molar refractivity (Wildman–Crippen MR) is 121 cm³/mol. The monoisotopic (exact) mass is 440 g/mol. The Morgan fingerprint density at radius 1 is 1.00 bits per heavy atom. The number of aromatic nitrogens is 1. The van der Waals surface area contributed by atoms with Gasteiger partial charge < -0.3 is 14.4 Å². The summed E-state index contributed by atoms with van der Waals surface area (Å²) >= 11 is 0. The molecule has 1 aromatic heterocycles. The molecule has 3 aromatic rings. The quantitative estimate of drug-likeness (QED) is 0.561. The third-order valence-corrected chi connectivity index (χ3v) is 7.17. The van der Waals surface area contributed by atoms with Crippen molar-refractivity contribution in [2.24, 2.45) is 0 Å². The first kappa shape index (κ1) is 20.0. The fraction of sp³-hybridized carbons (Fsp3) is 0.296. The molecule has 2 fully saturated rings. The molecule has 1 atom stereocenters. The van der Waals surface area contributed by atoms with Crippen LogP contribution in [0.2, 0.25) is 0 Å². The van der Waals surface area contributed by atoms with Gasteiger partial charge in [0, 0.05) is 30.9 Å². The van der Waals surface area contributed by atoms with Gasteiger partial charge in [-0.2, -0.15) is 0 Å². The first-order valence-corrected chi connectivity index (χ1v) is 11.3. The van der Waals surface area contributed by atoms with Crippen LogP contribution in [-0.4, -0.2) is 34.8 Å². The summed E-state index contributed by atoms with van der Waals surface area (Å²) in [6, 6.07) is 19.4. The van der Waals surface area contributed by atoms with E-state index in [1.54, 1.807) is 18.5 Å². The van der Waals surface area contributed by atoms with E-state index in [0.717, 1.165) is 35.3 Å². The zero-order valence-corrected chi connectivity index (χ0v) is 18.2. The van der Waals surface area contributed by atoms with Gasteiger partial charge in [-0.25, -0.2) is 4.79 Å². The molecule has 2 aromatic carbocycles. The summed E-state index contributed by atoms with van der Waals surface area (Å²) in [6.45, 7) is 1.49. The van der Waals surface area contributed by atoms with Gasteiger partial charge in [-0.05, 0) is 42.2 Å². The third kappa shape index (κ3) is 3.28. The molecule has 1 aliphatic carbocycles. The summed E-state index contributed by atoms with van der Waals surface area (Å²) in [5.74, 6) is 0.631. The van der Waals surface area contributed by atoms with E-state index < -0.39 is 11.0 Å². The molecule has 1 unspecified atom stereocenters. The van der Waals surface area contributed by atoms with Crippen molar-refractivity contribution in [3.63, 3.8) is 0 Å². The molecular formula is C27H24N2O4. The number of fused-ring (bicyclic) bond motifs is 2. The van der Waals surface area contributed by atoms with Crippen LogP contribution in [-0.2, 0) is 27.2 Å². The van der Waals surface area contributed by atoms with Crippen LogP contribution in [0.5, 0.6) is 5.75 Å². The van der Waals surface area contributed by atoms with Crippen molar-refractivity contribution < 1.29 is 19.1 Å². The van der Waals surface area contributed by atoms with E-state index in [2.05, 4.69) is 4.98 Å². The lowest BCUT2D eigenvalue weighted by Crippen LogP contribution is -2.40. The zero-order valence-electron chi connectivity index (χ0n) is 18.2. The van der Waals surface area contributed by atoms with Crippen LogP contribution in [0.25, 0.3) is 0 Å². The second-order valence-electron chi connectivity index (χ2n) is 9.16. The molecule has 0 radical (unpaired) electrons. The van der Waals surface area contributed by atoms with Gasteiger partial charge >= 0.3 is 5.97 Å². The average molecular weight is 440 g/mol. The Kier molecular flexibility index (Phi) is 4.50. The van der Waals surface area contributed by atoms with Crippen LogP contribution in [0.4, 0.5) is 0 Å². The van der Waals surface area contributed by atoms with Crippen molar-refractivity contribution >= 4 is 11.9 Å². The fourth-order valence-electron chi connectivity index (χ4n) is 5.18. The molecule has 0 N–H and O–H groups in total. The van der Waals surface area contributed by atoms with Gasteiger partial charge in [-0.3, -0.25) is 9.78 Å². The van der Waals surface area contributed by atoms with Crippen molar-refractivity contribution in [2.75, 3.05) is 13.1 Å². The van der Waals surface area contributed by atoms with Crippen LogP contribution in [0, 0.1) is 0 Å². The second kappa shape index (κ2) is 7.44. The lowest BCUT2D eigenvalue weighted by atomic mass is 9.91. The van der Waals surface area contributed by atoms with Gasteiger partial charge in [-0.1, -0.05) is 42.5 Å². The number of pyridine rings is 1. The smallest absolute Gasteiger partial charge is 0.339 e. The molecule has 3 heterocycles. The van der Waals surface area contributed by atoms with E-state index in [1.165, 1.54) is 0 Å². The predicted octanol–water partition coefficient (Wildman–Crippen LogP) is 3.99. The van der Waals surface area contributed by atoms with E-state index in [4.69, 9.17) is 9.47 Å². The molecule has 6 nitrogen and oxygen atoms in total. The largest absolute Gasteiger partial charge is 0.489 e. The highest BCUT2D eigenvalue weighted by Gasteiger charge is 2.57. The van der Waals surface area contributed by atoms with Crippen LogP contribution >= 0.6 is 0 Å². The third-order valence-electron chi connectivity index (χ3n) is 7.17. The van der Waals surface area contributed by atoms with Gasteiger partial charge in [0.2, 0.25) is 5.91 Å². The summed E-state index contributed by atoms with van der Waals surface area (Å²) in [5, 5.41) is 0. The Morgan fingerprint density at radius 2 is 1.76 bits per heavy atom. The molecule has 1 amide bonds. The Hall–Kier alpha value is -3.67. The molecule has 166 valence electrons. The maximum atomic E-state index is 13.6. The number of nitrogens with zero attached hydrogens (tertiary/aromatic N) is 2. The van der Waals surface area contributed by atoms with Crippen molar-refractivity contribution in [2.45, 2.75) is 36.9 Å². The summed E-state index contributed by atoms with van der Waals surface area (Å²) in [7, 11) is 0. The number of hydrogen-bond acceptors (Lipinski definition) is 5. The molecule has 3 aliphatic rings. The first-order chi connectivity index (χ1) is 16.1.